The number of carbonyl (C=O) groups is 2. The number of hydrogen-bond acceptors (Lipinski definition) is 3. The zero-order valence-corrected chi connectivity index (χ0v) is 16.6. The van der Waals surface area contributed by atoms with Crippen molar-refractivity contribution in [1.82, 2.24) is 14.4 Å². The Morgan fingerprint density at radius 3 is 2.50 bits per heavy atom. The predicted octanol–water partition coefficient (Wildman–Crippen LogP) is 2.76. The van der Waals surface area contributed by atoms with Gasteiger partial charge in [0.2, 0.25) is 0 Å². The fraction of sp³-hybridized carbons (Fsp3) is 0.455. The minimum absolute atomic E-state index is 0.139. The number of benzene rings is 1. The molecule has 0 spiro atoms. The molecule has 1 aromatic carbocycles. The van der Waals surface area contributed by atoms with E-state index in [9.17, 15) is 14.0 Å². The Balaban J connectivity index is 1.43. The lowest BCUT2D eigenvalue weighted by atomic mass is 9.95. The molecular formula is C22H28FN3O2. The van der Waals surface area contributed by atoms with Crippen LogP contribution in [0, 0.1) is 11.7 Å². The zero-order valence-electron chi connectivity index (χ0n) is 16.6. The van der Waals surface area contributed by atoms with Crippen LogP contribution in [0.5, 0.6) is 0 Å². The van der Waals surface area contributed by atoms with Crippen LogP contribution in [0.25, 0.3) is 0 Å². The number of aryl methyl sites for hydroxylation is 1. The molecule has 1 fully saturated rings. The number of nitrogens with zero attached hydrogens (tertiary/aromatic N) is 3. The van der Waals surface area contributed by atoms with Crippen molar-refractivity contribution in [3.8, 4) is 0 Å². The van der Waals surface area contributed by atoms with Crippen LogP contribution >= 0.6 is 0 Å². The largest absolute Gasteiger partial charge is 0.348 e. The summed E-state index contributed by atoms with van der Waals surface area (Å²) >= 11 is 0. The highest BCUT2D eigenvalue weighted by Gasteiger charge is 2.26. The molecule has 0 unspecified atom stereocenters. The quantitative estimate of drug-likeness (QED) is 0.544. The molecule has 1 saturated heterocycles. The van der Waals surface area contributed by atoms with E-state index in [2.05, 4.69) is 4.90 Å². The molecule has 2 heterocycles. The highest BCUT2D eigenvalue weighted by atomic mass is 19.1. The van der Waals surface area contributed by atoms with Crippen LogP contribution in [0.2, 0.25) is 0 Å². The first-order valence-corrected chi connectivity index (χ1v) is 9.82. The van der Waals surface area contributed by atoms with Crippen molar-refractivity contribution >= 4 is 11.7 Å². The second kappa shape index (κ2) is 9.15. The summed E-state index contributed by atoms with van der Waals surface area (Å²) in [5.41, 5.74) is 1.17. The fourth-order valence-electron chi connectivity index (χ4n) is 3.82. The van der Waals surface area contributed by atoms with Gasteiger partial charge in [-0.3, -0.25) is 9.59 Å². The van der Waals surface area contributed by atoms with E-state index in [0.717, 1.165) is 38.0 Å². The van der Waals surface area contributed by atoms with Gasteiger partial charge in [-0.2, -0.15) is 0 Å². The Morgan fingerprint density at radius 2 is 1.86 bits per heavy atom. The standard InChI is InChI=1S/C22H28FN3O2/c1-24-12-5-8-20(24)21(27)22(28)25(2)16-17-9-13-26(14-10-17)15-11-18-6-3-4-7-19(18)23/h3-8,12,17H,9-11,13-16H2,1-2H3. The van der Waals surface area contributed by atoms with Gasteiger partial charge in [-0.15, -0.1) is 0 Å². The lowest BCUT2D eigenvalue weighted by Crippen LogP contribution is -2.42. The highest BCUT2D eigenvalue weighted by Crippen LogP contribution is 2.19. The molecular weight excluding hydrogens is 357 g/mol. The molecule has 1 aromatic heterocycles. The number of rotatable bonds is 7. The number of halogens is 1. The van der Waals surface area contributed by atoms with Gasteiger partial charge < -0.3 is 14.4 Å². The van der Waals surface area contributed by atoms with Gasteiger partial charge in [0.25, 0.3) is 11.7 Å². The first-order chi connectivity index (χ1) is 13.5. The third-order valence-corrected chi connectivity index (χ3v) is 5.61. The summed E-state index contributed by atoms with van der Waals surface area (Å²) in [6.07, 6.45) is 4.43. The van der Waals surface area contributed by atoms with E-state index >= 15 is 0 Å². The molecule has 1 aliphatic heterocycles. The van der Waals surface area contributed by atoms with Crippen molar-refractivity contribution in [1.29, 1.82) is 0 Å². The van der Waals surface area contributed by atoms with Gasteiger partial charge >= 0.3 is 0 Å². The maximum Gasteiger partial charge on any atom is 0.296 e. The molecule has 0 N–H and O–H groups in total. The summed E-state index contributed by atoms with van der Waals surface area (Å²) in [4.78, 5) is 28.7. The van der Waals surface area contributed by atoms with Gasteiger partial charge in [0, 0.05) is 33.4 Å². The summed E-state index contributed by atoms with van der Waals surface area (Å²) in [5, 5.41) is 0. The fourth-order valence-corrected chi connectivity index (χ4v) is 3.82. The van der Waals surface area contributed by atoms with E-state index in [0.29, 0.717) is 24.6 Å². The lowest BCUT2D eigenvalue weighted by molar-refractivity contribution is -0.126. The Morgan fingerprint density at radius 1 is 1.14 bits per heavy atom. The molecule has 1 aliphatic rings. The minimum Gasteiger partial charge on any atom is -0.348 e. The van der Waals surface area contributed by atoms with Crippen molar-refractivity contribution < 1.29 is 14.0 Å². The number of hydrogen-bond donors (Lipinski definition) is 0. The maximum atomic E-state index is 13.7. The average Bonchev–Trinajstić information content (AvgIpc) is 3.13. The maximum absolute atomic E-state index is 13.7. The van der Waals surface area contributed by atoms with Crippen molar-refractivity contribution in [2.24, 2.45) is 13.0 Å². The van der Waals surface area contributed by atoms with Gasteiger partial charge in [-0.25, -0.2) is 4.39 Å². The van der Waals surface area contributed by atoms with Gasteiger partial charge in [0.15, 0.2) is 0 Å². The molecule has 0 radical (unpaired) electrons. The molecule has 150 valence electrons. The van der Waals surface area contributed by atoms with Gasteiger partial charge in [-0.1, -0.05) is 18.2 Å². The lowest BCUT2D eigenvalue weighted by Gasteiger charge is -2.33. The highest BCUT2D eigenvalue weighted by molar-refractivity contribution is 6.42. The summed E-state index contributed by atoms with van der Waals surface area (Å²) in [7, 11) is 3.46. The Labute approximate surface area is 165 Å². The molecule has 0 saturated carbocycles. The van der Waals surface area contributed by atoms with Crippen molar-refractivity contribution in [2.45, 2.75) is 19.3 Å². The zero-order chi connectivity index (χ0) is 20.1. The Hall–Kier alpha value is -2.47. The van der Waals surface area contributed by atoms with Gasteiger partial charge in [-0.05, 0) is 62.0 Å². The summed E-state index contributed by atoms with van der Waals surface area (Å²) in [6.45, 7) is 3.31. The van der Waals surface area contributed by atoms with Crippen LogP contribution in [-0.4, -0.2) is 59.3 Å². The first-order valence-electron chi connectivity index (χ1n) is 9.82. The van der Waals surface area contributed by atoms with E-state index in [1.165, 1.54) is 6.07 Å². The third-order valence-electron chi connectivity index (χ3n) is 5.61. The molecule has 28 heavy (non-hydrogen) atoms. The Bertz CT molecular complexity index is 825. The van der Waals surface area contributed by atoms with Crippen LogP contribution in [0.1, 0.15) is 28.9 Å². The SMILES string of the molecule is CN(CC1CCN(CCc2ccccc2F)CC1)C(=O)C(=O)c1cccn1C. The van der Waals surface area contributed by atoms with Crippen molar-refractivity contribution in [3.05, 3.63) is 59.7 Å². The smallest absolute Gasteiger partial charge is 0.296 e. The number of piperidine rings is 1. The molecule has 0 bridgehead atoms. The van der Waals surface area contributed by atoms with Crippen molar-refractivity contribution in [2.75, 3.05) is 33.2 Å². The van der Waals surface area contributed by atoms with E-state index in [1.54, 1.807) is 48.0 Å². The number of ketones is 1. The molecule has 2 aromatic rings. The summed E-state index contributed by atoms with van der Waals surface area (Å²) < 4.78 is 15.4. The van der Waals surface area contributed by atoms with Crippen LogP contribution < -0.4 is 0 Å². The number of likely N-dealkylation sites (N-methyl/N-ethyl adjacent to an activating group) is 1. The van der Waals surface area contributed by atoms with Gasteiger partial charge in [0.05, 0.1) is 5.69 Å². The second-order valence-electron chi connectivity index (χ2n) is 7.65. The van der Waals surface area contributed by atoms with Crippen LogP contribution in [-0.2, 0) is 18.3 Å². The number of likely N-dealkylation sites (tertiary alicyclic amines) is 1. The second-order valence-corrected chi connectivity index (χ2v) is 7.65. The first kappa shape index (κ1) is 20.3. The number of Topliss-reactive ketones (excluding diaryl/α,β-unsaturated/α-hetero) is 1. The van der Waals surface area contributed by atoms with Crippen LogP contribution in [0.3, 0.4) is 0 Å². The number of aromatic nitrogens is 1. The van der Waals surface area contributed by atoms with Crippen LogP contribution in [0.15, 0.2) is 42.6 Å². The normalized spacial score (nSPS) is 15.5. The van der Waals surface area contributed by atoms with Crippen molar-refractivity contribution in [3.63, 3.8) is 0 Å². The number of carbonyl (C=O) groups excluding carboxylic acids is 2. The monoisotopic (exact) mass is 385 g/mol. The molecule has 3 rings (SSSR count). The van der Waals surface area contributed by atoms with E-state index in [1.807, 2.05) is 12.1 Å². The van der Waals surface area contributed by atoms with E-state index in [4.69, 9.17) is 0 Å². The van der Waals surface area contributed by atoms with Gasteiger partial charge in [0.1, 0.15) is 5.82 Å². The number of amides is 1. The summed E-state index contributed by atoms with van der Waals surface area (Å²) in [6, 6.07) is 10.4. The minimum atomic E-state index is -0.461. The van der Waals surface area contributed by atoms with E-state index < -0.39 is 11.7 Å². The third kappa shape index (κ3) is 4.87. The van der Waals surface area contributed by atoms with Crippen LogP contribution in [0.4, 0.5) is 4.39 Å². The predicted molar refractivity (Wildman–Crippen MR) is 107 cm³/mol. The molecule has 6 heteroatoms. The summed E-state index contributed by atoms with van der Waals surface area (Å²) in [5.74, 6) is -0.665. The topological polar surface area (TPSA) is 45.6 Å². The molecule has 0 atom stereocenters. The molecule has 1 amide bonds. The average molecular weight is 385 g/mol. The Kier molecular flexibility index (Phi) is 6.62. The molecule has 0 aliphatic carbocycles. The van der Waals surface area contributed by atoms with E-state index in [-0.39, 0.29) is 5.82 Å². The molecule has 5 nitrogen and oxygen atoms in total.